The van der Waals surface area contributed by atoms with Crippen LogP contribution in [0.4, 0.5) is 13.2 Å². The number of nitrogens with one attached hydrogen (secondary N) is 1. The molecule has 0 amide bonds. The fourth-order valence-electron chi connectivity index (χ4n) is 1.95. The van der Waals surface area contributed by atoms with Crippen LogP contribution >= 0.6 is 0 Å². The van der Waals surface area contributed by atoms with Gasteiger partial charge < -0.3 is 5.32 Å². The van der Waals surface area contributed by atoms with E-state index < -0.39 is 28.8 Å². The highest BCUT2D eigenvalue weighted by atomic mass is 32.2. The summed E-state index contributed by atoms with van der Waals surface area (Å²) in [6.45, 7) is 2.25. The van der Waals surface area contributed by atoms with Gasteiger partial charge in [0.1, 0.15) is 6.54 Å². The molecule has 0 spiro atoms. The Morgan fingerprint density at radius 2 is 1.85 bits per heavy atom. The average Bonchev–Trinajstić information content (AvgIpc) is 3.13. The lowest BCUT2D eigenvalue weighted by atomic mass is 10.3. The molecule has 20 heavy (non-hydrogen) atoms. The van der Waals surface area contributed by atoms with E-state index in [9.17, 15) is 21.6 Å². The first-order valence-corrected chi connectivity index (χ1v) is 8.64. The molecule has 0 saturated heterocycles. The zero-order chi connectivity index (χ0) is 15.2. The Hall–Kier alpha value is -0.340. The monoisotopic (exact) mass is 316 g/mol. The van der Waals surface area contributed by atoms with E-state index in [0.29, 0.717) is 36.5 Å². The lowest BCUT2D eigenvalue weighted by Gasteiger charge is -2.23. The normalized spacial score (nSPS) is 16.9. The average molecular weight is 316 g/mol. The molecule has 1 aliphatic rings. The van der Waals surface area contributed by atoms with E-state index in [2.05, 4.69) is 5.32 Å². The molecule has 1 N–H and O–H groups in total. The molecule has 1 fully saturated rings. The molecular weight excluding hydrogens is 293 g/mol. The minimum absolute atomic E-state index is 0.201. The third-order valence-corrected chi connectivity index (χ3v) is 5.03. The quantitative estimate of drug-likeness (QED) is 0.628. The van der Waals surface area contributed by atoms with Crippen LogP contribution in [-0.4, -0.2) is 50.3 Å². The number of sulfonamides is 1. The maximum absolute atomic E-state index is 12.4. The van der Waals surface area contributed by atoms with Gasteiger partial charge in [0, 0.05) is 6.04 Å². The highest BCUT2D eigenvalue weighted by molar-refractivity contribution is 7.89. The van der Waals surface area contributed by atoms with E-state index >= 15 is 0 Å². The zero-order valence-corrected chi connectivity index (χ0v) is 12.6. The van der Waals surface area contributed by atoms with Crippen molar-refractivity contribution in [2.24, 2.45) is 0 Å². The van der Waals surface area contributed by atoms with Crippen molar-refractivity contribution in [1.82, 2.24) is 9.62 Å². The Balaban J connectivity index is 2.40. The van der Waals surface area contributed by atoms with Crippen LogP contribution in [0.5, 0.6) is 0 Å². The second-order valence-electron chi connectivity index (χ2n) is 5.16. The van der Waals surface area contributed by atoms with Crippen molar-refractivity contribution in [1.29, 1.82) is 0 Å². The van der Waals surface area contributed by atoms with Crippen molar-refractivity contribution >= 4 is 10.0 Å². The molecule has 1 saturated carbocycles. The predicted molar refractivity (Wildman–Crippen MR) is 72.0 cm³/mol. The van der Waals surface area contributed by atoms with Gasteiger partial charge in [-0.15, -0.1) is 0 Å². The Labute approximate surface area is 118 Å². The lowest BCUT2D eigenvalue weighted by molar-refractivity contribution is -0.137. The fourth-order valence-corrected chi connectivity index (χ4v) is 3.76. The summed E-state index contributed by atoms with van der Waals surface area (Å²) in [5, 5.41) is 3.14. The number of nitrogens with zero attached hydrogens (tertiary/aromatic N) is 1. The number of unbranched alkanes of at least 4 members (excludes halogenated alkanes) is 1. The second kappa shape index (κ2) is 7.61. The molecule has 8 heteroatoms. The standard InChI is InChI=1S/C12H23F3N2O2S/c1-2-7-16-8-3-4-9-20(18,19)17(11-5-6-11)10-12(13,14)15/h11,16H,2-10H2,1H3. The molecule has 0 aromatic carbocycles. The van der Waals surface area contributed by atoms with Crippen LogP contribution in [0.3, 0.4) is 0 Å². The number of halogens is 3. The topological polar surface area (TPSA) is 49.4 Å². The number of hydrogen-bond donors (Lipinski definition) is 1. The molecule has 4 nitrogen and oxygen atoms in total. The summed E-state index contributed by atoms with van der Waals surface area (Å²) >= 11 is 0. The van der Waals surface area contributed by atoms with Crippen molar-refractivity contribution < 1.29 is 21.6 Å². The van der Waals surface area contributed by atoms with Gasteiger partial charge >= 0.3 is 6.18 Å². The Morgan fingerprint density at radius 1 is 1.20 bits per heavy atom. The van der Waals surface area contributed by atoms with Crippen LogP contribution < -0.4 is 5.32 Å². The van der Waals surface area contributed by atoms with Crippen LogP contribution in [0.25, 0.3) is 0 Å². The van der Waals surface area contributed by atoms with E-state index in [1.165, 1.54) is 0 Å². The third-order valence-electron chi connectivity index (χ3n) is 3.08. The summed E-state index contributed by atoms with van der Waals surface area (Å²) in [5.41, 5.74) is 0. The van der Waals surface area contributed by atoms with Gasteiger partial charge in [-0.3, -0.25) is 0 Å². The first-order chi connectivity index (χ1) is 9.26. The molecular formula is C12H23F3N2O2S. The molecule has 0 aromatic rings. The van der Waals surface area contributed by atoms with E-state index in [1.807, 2.05) is 6.92 Å². The summed E-state index contributed by atoms with van der Waals surface area (Å²) in [4.78, 5) is 0. The highest BCUT2D eigenvalue weighted by Crippen LogP contribution is 2.32. The smallest absolute Gasteiger partial charge is 0.317 e. The van der Waals surface area contributed by atoms with Gasteiger partial charge in [0.25, 0.3) is 0 Å². The predicted octanol–water partition coefficient (Wildman–Crippen LogP) is 2.12. The largest absolute Gasteiger partial charge is 0.402 e. The molecule has 0 atom stereocenters. The van der Waals surface area contributed by atoms with Crippen molar-refractivity contribution in [2.75, 3.05) is 25.4 Å². The first kappa shape index (κ1) is 17.7. The van der Waals surface area contributed by atoms with Crippen molar-refractivity contribution in [3.8, 4) is 0 Å². The molecule has 120 valence electrons. The lowest BCUT2D eigenvalue weighted by Crippen LogP contribution is -2.41. The Bertz CT molecular complexity index is 381. The summed E-state index contributed by atoms with van der Waals surface area (Å²) in [7, 11) is -3.80. The van der Waals surface area contributed by atoms with Gasteiger partial charge in [0.05, 0.1) is 5.75 Å². The second-order valence-corrected chi connectivity index (χ2v) is 7.21. The van der Waals surface area contributed by atoms with Crippen LogP contribution in [0, 0.1) is 0 Å². The summed E-state index contributed by atoms with van der Waals surface area (Å²) < 4.78 is 61.9. The van der Waals surface area contributed by atoms with Gasteiger partial charge in [0.15, 0.2) is 0 Å². The van der Waals surface area contributed by atoms with Gasteiger partial charge in [-0.25, -0.2) is 8.42 Å². The van der Waals surface area contributed by atoms with Crippen molar-refractivity contribution in [3.63, 3.8) is 0 Å². The molecule has 0 heterocycles. The summed E-state index contributed by atoms with van der Waals surface area (Å²) in [5.74, 6) is -0.201. The van der Waals surface area contributed by atoms with Crippen molar-refractivity contribution in [3.05, 3.63) is 0 Å². The number of rotatable bonds is 10. The van der Waals surface area contributed by atoms with Crippen LogP contribution in [0.15, 0.2) is 0 Å². The van der Waals surface area contributed by atoms with Crippen LogP contribution in [0.2, 0.25) is 0 Å². The first-order valence-electron chi connectivity index (χ1n) is 7.03. The highest BCUT2D eigenvalue weighted by Gasteiger charge is 2.43. The minimum atomic E-state index is -4.47. The van der Waals surface area contributed by atoms with E-state index in [-0.39, 0.29) is 5.75 Å². The maximum atomic E-state index is 12.4. The Morgan fingerprint density at radius 3 is 2.35 bits per heavy atom. The van der Waals surface area contributed by atoms with E-state index in [0.717, 1.165) is 13.0 Å². The van der Waals surface area contributed by atoms with E-state index in [1.54, 1.807) is 0 Å². The molecule has 1 rings (SSSR count). The van der Waals surface area contributed by atoms with E-state index in [4.69, 9.17) is 0 Å². The number of alkyl halides is 3. The summed E-state index contributed by atoms with van der Waals surface area (Å²) in [6, 6.07) is -0.445. The molecule has 0 unspecified atom stereocenters. The molecule has 0 bridgehead atoms. The molecule has 0 aliphatic heterocycles. The number of hydrogen-bond acceptors (Lipinski definition) is 3. The minimum Gasteiger partial charge on any atom is -0.317 e. The SMILES string of the molecule is CCCNCCCCS(=O)(=O)N(CC(F)(F)F)C1CC1. The van der Waals surface area contributed by atoms with Crippen LogP contribution in [0.1, 0.15) is 39.0 Å². The van der Waals surface area contributed by atoms with Gasteiger partial charge in [-0.1, -0.05) is 6.92 Å². The molecule has 0 aromatic heterocycles. The van der Waals surface area contributed by atoms with Gasteiger partial charge in [-0.2, -0.15) is 17.5 Å². The molecule has 1 aliphatic carbocycles. The third kappa shape index (κ3) is 6.90. The van der Waals surface area contributed by atoms with Gasteiger partial charge in [0.2, 0.25) is 10.0 Å². The van der Waals surface area contributed by atoms with Crippen LogP contribution in [-0.2, 0) is 10.0 Å². The van der Waals surface area contributed by atoms with Gasteiger partial charge in [-0.05, 0) is 45.2 Å². The summed E-state index contributed by atoms with van der Waals surface area (Å²) in [6.07, 6.45) is -1.36. The maximum Gasteiger partial charge on any atom is 0.402 e. The zero-order valence-electron chi connectivity index (χ0n) is 11.7. The Kier molecular flexibility index (Phi) is 6.74. The van der Waals surface area contributed by atoms with Crippen molar-refractivity contribution in [2.45, 2.75) is 51.2 Å². The molecule has 0 radical (unpaired) electrons. The fraction of sp³-hybridized carbons (Fsp3) is 1.00.